The summed E-state index contributed by atoms with van der Waals surface area (Å²) in [7, 11) is 0. The first-order valence-electron chi connectivity index (χ1n) is 14.5. The smallest absolute Gasteiger partial charge is 0.167 e. The molecule has 0 saturated heterocycles. The molecular weight excluding hydrogens is 542 g/mol. The summed E-state index contributed by atoms with van der Waals surface area (Å²) >= 11 is 0. The highest BCUT2D eigenvalue weighted by molar-refractivity contribution is 6.12. The fraction of sp³-hybridized carbons (Fsp3) is 0. The van der Waals surface area contributed by atoms with Crippen molar-refractivity contribution in [2.75, 3.05) is 0 Å². The lowest BCUT2D eigenvalue weighted by molar-refractivity contribution is 0.668. The minimum absolute atomic E-state index is 0.564. The van der Waals surface area contributed by atoms with Crippen LogP contribution in [0.1, 0.15) is 0 Å². The minimum Gasteiger partial charge on any atom is -0.455 e. The molecule has 0 aliphatic carbocycles. The van der Waals surface area contributed by atoms with Gasteiger partial charge in [0.25, 0.3) is 0 Å². The Morgan fingerprint density at radius 3 is 1.57 bits per heavy atom. The van der Waals surface area contributed by atoms with Crippen molar-refractivity contribution in [3.63, 3.8) is 0 Å². The third kappa shape index (κ3) is 3.91. The second kappa shape index (κ2) is 9.75. The van der Waals surface area contributed by atoms with Crippen molar-refractivity contribution < 1.29 is 8.83 Å². The van der Waals surface area contributed by atoms with Gasteiger partial charge in [0, 0.05) is 38.2 Å². The molecule has 5 heteroatoms. The van der Waals surface area contributed by atoms with Crippen LogP contribution in [0.2, 0.25) is 0 Å². The molecule has 0 bridgehead atoms. The molecule has 44 heavy (non-hydrogen) atoms. The van der Waals surface area contributed by atoms with Gasteiger partial charge in [0.2, 0.25) is 0 Å². The Labute approximate surface area is 252 Å². The van der Waals surface area contributed by atoms with Crippen LogP contribution in [0.25, 0.3) is 89.2 Å². The number of aromatic nitrogens is 3. The van der Waals surface area contributed by atoms with E-state index in [1.807, 2.05) is 91.0 Å². The average Bonchev–Trinajstić information content (AvgIpc) is 3.67. The maximum absolute atomic E-state index is 6.63. The number of benzene rings is 6. The van der Waals surface area contributed by atoms with Crippen LogP contribution in [0.15, 0.2) is 148 Å². The van der Waals surface area contributed by atoms with Crippen LogP contribution >= 0.6 is 0 Å². The van der Waals surface area contributed by atoms with Crippen LogP contribution in [0, 0.1) is 0 Å². The van der Waals surface area contributed by atoms with E-state index in [1.54, 1.807) is 0 Å². The van der Waals surface area contributed by atoms with Gasteiger partial charge in [0.1, 0.15) is 22.3 Å². The van der Waals surface area contributed by atoms with Crippen molar-refractivity contribution in [2.45, 2.75) is 0 Å². The topological polar surface area (TPSA) is 65.0 Å². The molecule has 0 N–H and O–H groups in total. The van der Waals surface area contributed by atoms with Gasteiger partial charge in [-0.1, -0.05) is 115 Å². The number of fused-ring (bicyclic) bond motifs is 6. The summed E-state index contributed by atoms with van der Waals surface area (Å²) in [4.78, 5) is 14.7. The molecule has 0 atom stereocenters. The van der Waals surface area contributed by atoms with Gasteiger partial charge in [-0.25, -0.2) is 15.0 Å². The van der Waals surface area contributed by atoms with Crippen molar-refractivity contribution in [3.05, 3.63) is 140 Å². The van der Waals surface area contributed by atoms with E-state index < -0.39 is 0 Å². The molecule has 206 valence electrons. The second-order valence-electron chi connectivity index (χ2n) is 10.8. The number of hydrogen-bond donors (Lipinski definition) is 0. The highest BCUT2D eigenvalue weighted by atomic mass is 16.3. The van der Waals surface area contributed by atoms with Gasteiger partial charge in [0.05, 0.1) is 5.56 Å². The monoisotopic (exact) mass is 565 g/mol. The average molecular weight is 566 g/mol. The Morgan fingerprint density at radius 1 is 0.341 bits per heavy atom. The molecule has 0 amide bonds. The fourth-order valence-corrected chi connectivity index (χ4v) is 6.05. The van der Waals surface area contributed by atoms with Crippen molar-refractivity contribution >= 4 is 43.9 Å². The lowest BCUT2D eigenvalue weighted by Gasteiger charge is -2.08. The van der Waals surface area contributed by atoms with Gasteiger partial charge in [-0.05, 0) is 29.8 Å². The molecule has 3 aromatic heterocycles. The minimum atomic E-state index is 0.564. The van der Waals surface area contributed by atoms with E-state index in [9.17, 15) is 0 Å². The Morgan fingerprint density at radius 2 is 0.864 bits per heavy atom. The SMILES string of the molecule is c1ccc(-c2nc(-c3ccccc3)nc(-c3cccc4c3oc3cc(-c5cccc6c5oc5ccccc56)ccc34)n2)cc1. The van der Waals surface area contributed by atoms with Crippen molar-refractivity contribution in [1.29, 1.82) is 0 Å². The van der Waals surface area contributed by atoms with Crippen LogP contribution in [-0.2, 0) is 0 Å². The van der Waals surface area contributed by atoms with Crippen LogP contribution in [0.4, 0.5) is 0 Å². The van der Waals surface area contributed by atoms with E-state index in [0.717, 1.165) is 71.7 Å². The molecular formula is C39H23N3O2. The molecule has 5 nitrogen and oxygen atoms in total. The molecule has 0 fully saturated rings. The standard InChI is InChI=1S/C39H23N3O2/c1-3-11-24(12-4-1)37-40-38(25-13-5-2-6-14-25)42-39(41-37)32-19-10-18-31-29-22-21-26(23-34(29)44-36(31)32)27-16-9-17-30-28-15-7-8-20-33(28)43-35(27)30/h1-23H. The van der Waals surface area contributed by atoms with Crippen LogP contribution in [-0.4, -0.2) is 15.0 Å². The summed E-state index contributed by atoms with van der Waals surface area (Å²) in [5.74, 6) is 1.79. The van der Waals surface area contributed by atoms with Gasteiger partial charge >= 0.3 is 0 Å². The summed E-state index contributed by atoms with van der Waals surface area (Å²) in [6, 6.07) is 46.9. The third-order valence-corrected chi connectivity index (χ3v) is 8.15. The van der Waals surface area contributed by atoms with E-state index in [1.165, 1.54) is 0 Å². The number of rotatable bonds is 4. The molecule has 0 aliphatic heterocycles. The van der Waals surface area contributed by atoms with Gasteiger partial charge in [-0.2, -0.15) is 0 Å². The first kappa shape index (κ1) is 24.5. The zero-order valence-corrected chi connectivity index (χ0v) is 23.4. The molecule has 6 aromatic carbocycles. The predicted octanol–water partition coefficient (Wildman–Crippen LogP) is 10.3. The highest BCUT2D eigenvalue weighted by Gasteiger charge is 2.19. The zero-order chi connectivity index (χ0) is 29.0. The number of nitrogens with zero attached hydrogens (tertiary/aromatic N) is 3. The van der Waals surface area contributed by atoms with Gasteiger partial charge < -0.3 is 8.83 Å². The first-order chi connectivity index (χ1) is 21.8. The van der Waals surface area contributed by atoms with E-state index in [4.69, 9.17) is 23.8 Å². The van der Waals surface area contributed by atoms with E-state index in [-0.39, 0.29) is 0 Å². The Hall–Kier alpha value is -6.07. The summed E-state index contributed by atoms with van der Waals surface area (Å²) in [6.45, 7) is 0. The Bertz CT molecular complexity index is 2440. The zero-order valence-electron chi connectivity index (χ0n) is 23.4. The molecule has 0 spiro atoms. The number of hydrogen-bond acceptors (Lipinski definition) is 5. The van der Waals surface area contributed by atoms with Gasteiger partial charge in [-0.3, -0.25) is 0 Å². The van der Waals surface area contributed by atoms with Crippen LogP contribution < -0.4 is 0 Å². The van der Waals surface area contributed by atoms with Crippen LogP contribution in [0.3, 0.4) is 0 Å². The number of furan rings is 2. The van der Waals surface area contributed by atoms with E-state index >= 15 is 0 Å². The Balaban J connectivity index is 1.23. The maximum Gasteiger partial charge on any atom is 0.167 e. The summed E-state index contributed by atoms with van der Waals surface area (Å²) in [6.07, 6.45) is 0. The second-order valence-corrected chi connectivity index (χ2v) is 10.8. The first-order valence-corrected chi connectivity index (χ1v) is 14.5. The van der Waals surface area contributed by atoms with Crippen LogP contribution in [0.5, 0.6) is 0 Å². The van der Waals surface area contributed by atoms with Gasteiger partial charge in [-0.15, -0.1) is 0 Å². The molecule has 0 unspecified atom stereocenters. The summed E-state index contributed by atoms with van der Waals surface area (Å²) in [5, 5.41) is 4.25. The number of para-hydroxylation sites is 3. The summed E-state index contributed by atoms with van der Waals surface area (Å²) in [5.41, 5.74) is 8.01. The quantitative estimate of drug-likeness (QED) is 0.212. The van der Waals surface area contributed by atoms with Gasteiger partial charge in [0.15, 0.2) is 17.5 Å². The summed E-state index contributed by atoms with van der Waals surface area (Å²) < 4.78 is 13.0. The third-order valence-electron chi connectivity index (χ3n) is 8.15. The highest BCUT2D eigenvalue weighted by Crippen LogP contribution is 2.40. The maximum atomic E-state index is 6.63. The van der Waals surface area contributed by atoms with Crippen molar-refractivity contribution in [2.24, 2.45) is 0 Å². The molecule has 0 saturated carbocycles. The predicted molar refractivity (Wildman–Crippen MR) is 176 cm³/mol. The van der Waals surface area contributed by atoms with E-state index in [2.05, 4.69) is 48.5 Å². The van der Waals surface area contributed by atoms with Crippen molar-refractivity contribution in [1.82, 2.24) is 15.0 Å². The molecule has 9 rings (SSSR count). The molecule has 9 aromatic rings. The molecule has 0 aliphatic rings. The molecule has 3 heterocycles. The Kier molecular flexibility index (Phi) is 5.43. The van der Waals surface area contributed by atoms with Crippen molar-refractivity contribution in [3.8, 4) is 45.3 Å². The lowest BCUT2D eigenvalue weighted by atomic mass is 10.0. The normalized spacial score (nSPS) is 11.6. The lowest BCUT2D eigenvalue weighted by Crippen LogP contribution is -2.00. The largest absolute Gasteiger partial charge is 0.455 e. The fourth-order valence-electron chi connectivity index (χ4n) is 6.05. The molecule has 0 radical (unpaired) electrons. The van der Waals surface area contributed by atoms with E-state index in [0.29, 0.717) is 17.5 Å².